The molecule has 1 N–H and O–H groups in total. The SMILES string of the molecule is CSCCCCNc1ncnc2c1CCCCC2. The summed E-state index contributed by atoms with van der Waals surface area (Å²) in [4.78, 5) is 8.87. The molecular formula is C14H23N3S. The second-order valence-corrected chi connectivity index (χ2v) is 5.82. The molecule has 1 aliphatic rings. The van der Waals surface area contributed by atoms with E-state index >= 15 is 0 Å². The molecular weight excluding hydrogens is 242 g/mol. The summed E-state index contributed by atoms with van der Waals surface area (Å²) in [5.74, 6) is 2.34. The molecule has 0 atom stereocenters. The second-order valence-electron chi connectivity index (χ2n) is 4.83. The first-order valence-electron chi connectivity index (χ1n) is 6.97. The summed E-state index contributed by atoms with van der Waals surface area (Å²) in [6.07, 6.45) is 12.5. The van der Waals surface area contributed by atoms with Crippen LogP contribution in [0.4, 0.5) is 5.82 Å². The number of thioether (sulfide) groups is 1. The molecule has 1 aromatic heterocycles. The first-order valence-corrected chi connectivity index (χ1v) is 8.37. The quantitative estimate of drug-likeness (QED) is 0.632. The van der Waals surface area contributed by atoms with Crippen LogP contribution < -0.4 is 5.32 Å². The Balaban J connectivity index is 1.91. The normalized spacial score (nSPS) is 14.9. The highest BCUT2D eigenvalue weighted by atomic mass is 32.2. The monoisotopic (exact) mass is 265 g/mol. The Hall–Kier alpha value is -0.770. The summed E-state index contributed by atoms with van der Waals surface area (Å²) in [6, 6.07) is 0. The number of aryl methyl sites for hydroxylation is 1. The zero-order valence-corrected chi connectivity index (χ0v) is 12.1. The van der Waals surface area contributed by atoms with Crippen molar-refractivity contribution < 1.29 is 0 Å². The Bertz CT molecular complexity index is 368. The van der Waals surface area contributed by atoms with Gasteiger partial charge in [-0.1, -0.05) is 6.42 Å². The van der Waals surface area contributed by atoms with Crippen molar-refractivity contribution in [3.63, 3.8) is 0 Å². The number of hydrogen-bond donors (Lipinski definition) is 1. The minimum absolute atomic E-state index is 1.03. The van der Waals surface area contributed by atoms with E-state index in [9.17, 15) is 0 Å². The van der Waals surface area contributed by atoms with E-state index in [0.29, 0.717) is 0 Å². The van der Waals surface area contributed by atoms with E-state index in [4.69, 9.17) is 0 Å². The largest absolute Gasteiger partial charge is 0.370 e. The van der Waals surface area contributed by atoms with Crippen LogP contribution in [0.15, 0.2) is 6.33 Å². The van der Waals surface area contributed by atoms with Crippen molar-refractivity contribution in [2.75, 3.05) is 23.9 Å². The summed E-state index contributed by atoms with van der Waals surface area (Å²) in [5.41, 5.74) is 2.65. The lowest BCUT2D eigenvalue weighted by Gasteiger charge is -2.12. The van der Waals surface area contributed by atoms with Crippen LogP contribution in [0.5, 0.6) is 0 Å². The average molecular weight is 265 g/mol. The van der Waals surface area contributed by atoms with Crippen LogP contribution in [0.1, 0.15) is 43.4 Å². The van der Waals surface area contributed by atoms with Gasteiger partial charge in [-0.25, -0.2) is 9.97 Å². The number of nitrogens with zero attached hydrogens (tertiary/aromatic N) is 2. The topological polar surface area (TPSA) is 37.8 Å². The first-order chi connectivity index (χ1) is 8.92. The van der Waals surface area contributed by atoms with Gasteiger partial charge in [-0.2, -0.15) is 11.8 Å². The molecule has 1 aromatic rings. The summed E-state index contributed by atoms with van der Waals surface area (Å²) in [5, 5.41) is 3.50. The Morgan fingerprint density at radius 3 is 2.94 bits per heavy atom. The predicted octanol–water partition coefficient (Wildman–Crippen LogP) is 3.30. The van der Waals surface area contributed by atoms with Crippen LogP contribution in [0, 0.1) is 0 Å². The van der Waals surface area contributed by atoms with Gasteiger partial charge in [-0.3, -0.25) is 0 Å². The molecule has 100 valence electrons. The second kappa shape index (κ2) is 7.62. The van der Waals surface area contributed by atoms with Crippen LogP contribution in [-0.4, -0.2) is 28.5 Å². The molecule has 2 rings (SSSR count). The van der Waals surface area contributed by atoms with E-state index in [0.717, 1.165) is 25.2 Å². The van der Waals surface area contributed by atoms with Crippen molar-refractivity contribution in [3.8, 4) is 0 Å². The van der Waals surface area contributed by atoms with Crippen molar-refractivity contribution in [1.29, 1.82) is 0 Å². The Labute approximate surface area is 114 Å². The number of hydrogen-bond acceptors (Lipinski definition) is 4. The standard InChI is InChI=1S/C14H23N3S/c1-18-10-6-5-9-15-14-12-7-3-2-4-8-13(12)16-11-17-14/h11H,2-10H2,1H3,(H,15,16,17). The molecule has 3 nitrogen and oxygen atoms in total. The van der Waals surface area contributed by atoms with Gasteiger partial charge >= 0.3 is 0 Å². The number of aromatic nitrogens is 2. The zero-order chi connectivity index (χ0) is 12.6. The van der Waals surface area contributed by atoms with Crippen LogP contribution in [0.2, 0.25) is 0 Å². The molecule has 0 radical (unpaired) electrons. The third-order valence-corrected chi connectivity index (χ3v) is 4.14. The lowest BCUT2D eigenvalue weighted by Crippen LogP contribution is -2.09. The molecule has 1 heterocycles. The lowest BCUT2D eigenvalue weighted by atomic mass is 10.1. The molecule has 0 amide bonds. The highest BCUT2D eigenvalue weighted by Gasteiger charge is 2.13. The van der Waals surface area contributed by atoms with Gasteiger partial charge in [-0.15, -0.1) is 0 Å². The van der Waals surface area contributed by atoms with Gasteiger partial charge in [-0.05, 0) is 50.5 Å². The van der Waals surface area contributed by atoms with Crippen molar-refractivity contribution in [2.24, 2.45) is 0 Å². The van der Waals surface area contributed by atoms with Crippen LogP contribution >= 0.6 is 11.8 Å². The van der Waals surface area contributed by atoms with Crippen molar-refractivity contribution >= 4 is 17.6 Å². The maximum Gasteiger partial charge on any atom is 0.132 e. The average Bonchev–Trinajstić information content (AvgIpc) is 2.64. The van der Waals surface area contributed by atoms with Gasteiger partial charge in [0.05, 0.1) is 0 Å². The molecule has 0 unspecified atom stereocenters. The summed E-state index contributed by atoms with van der Waals surface area (Å²) >= 11 is 1.92. The molecule has 0 spiro atoms. The van der Waals surface area contributed by atoms with Crippen LogP contribution in [-0.2, 0) is 12.8 Å². The Morgan fingerprint density at radius 2 is 2.06 bits per heavy atom. The number of fused-ring (bicyclic) bond motifs is 1. The molecule has 0 fully saturated rings. The smallest absolute Gasteiger partial charge is 0.132 e. The Kier molecular flexibility index (Phi) is 5.78. The lowest BCUT2D eigenvalue weighted by molar-refractivity contribution is 0.708. The van der Waals surface area contributed by atoms with Gasteiger partial charge in [0.15, 0.2) is 0 Å². The first kappa shape index (κ1) is 13.7. The van der Waals surface area contributed by atoms with E-state index < -0.39 is 0 Å². The zero-order valence-electron chi connectivity index (χ0n) is 11.2. The number of nitrogens with one attached hydrogen (secondary N) is 1. The van der Waals surface area contributed by atoms with Crippen molar-refractivity contribution in [3.05, 3.63) is 17.6 Å². The van der Waals surface area contributed by atoms with Gasteiger partial charge in [0.2, 0.25) is 0 Å². The molecule has 0 bridgehead atoms. The molecule has 18 heavy (non-hydrogen) atoms. The summed E-state index contributed by atoms with van der Waals surface area (Å²) < 4.78 is 0. The van der Waals surface area contributed by atoms with Gasteiger partial charge in [0.25, 0.3) is 0 Å². The summed E-state index contributed by atoms with van der Waals surface area (Å²) in [6.45, 7) is 1.03. The number of rotatable bonds is 6. The molecule has 0 aromatic carbocycles. The summed E-state index contributed by atoms with van der Waals surface area (Å²) in [7, 11) is 0. The van der Waals surface area contributed by atoms with Crippen molar-refractivity contribution in [1.82, 2.24) is 9.97 Å². The molecule has 1 aliphatic carbocycles. The third-order valence-electron chi connectivity index (χ3n) is 3.44. The fraction of sp³-hybridized carbons (Fsp3) is 0.714. The fourth-order valence-electron chi connectivity index (χ4n) is 2.43. The minimum atomic E-state index is 1.03. The maximum absolute atomic E-state index is 4.44. The maximum atomic E-state index is 4.44. The van der Waals surface area contributed by atoms with E-state index in [1.54, 1.807) is 6.33 Å². The molecule has 0 aliphatic heterocycles. The van der Waals surface area contributed by atoms with Gasteiger partial charge < -0.3 is 5.32 Å². The van der Waals surface area contributed by atoms with Gasteiger partial charge in [0, 0.05) is 17.8 Å². The highest BCUT2D eigenvalue weighted by molar-refractivity contribution is 7.98. The van der Waals surface area contributed by atoms with E-state index in [1.807, 2.05) is 11.8 Å². The van der Waals surface area contributed by atoms with Gasteiger partial charge in [0.1, 0.15) is 12.1 Å². The van der Waals surface area contributed by atoms with E-state index in [-0.39, 0.29) is 0 Å². The predicted molar refractivity (Wildman–Crippen MR) is 79.4 cm³/mol. The third kappa shape index (κ3) is 3.87. The van der Waals surface area contributed by atoms with Crippen LogP contribution in [0.25, 0.3) is 0 Å². The van der Waals surface area contributed by atoms with Crippen molar-refractivity contribution in [2.45, 2.75) is 44.9 Å². The molecule has 0 saturated carbocycles. The van der Waals surface area contributed by atoms with E-state index in [2.05, 4.69) is 21.5 Å². The number of unbranched alkanes of at least 4 members (excludes halogenated alkanes) is 1. The van der Waals surface area contributed by atoms with Crippen LogP contribution in [0.3, 0.4) is 0 Å². The Morgan fingerprint density at radius 1 is 1.17 bits per heavy atom. The molecule has 4 heteroatoms. The minimum Gasteiger partial charge on any atom is -0.370 e. The fourth-order valence-corrected chi connectivity index (χ4v) is 2.92. The number of anilines is 1. The highest BCUT2D eigenvalue weighted by Crippen LogP contribution is 2.23. The molecule has 0 saturated heterocycles. The van der Waals surface area contributed by atoms with E-state index in [1.165, 1.54) is 49.1 Å².